The SMILES string of the molecule is O=C(NCC(O)COCC1CC1)C1CC1. The zero-order valence-corrected chi connectivity index (χ0v) is 8.95. The van der Waals surface area contributed by atoms with Gasteiger partial charge in [-0.3, -0.25) is 4.79 Å². The molecule has 86 valence electrons. The Morgan fingerprint density at radius 3 is 2.73 bits per heavy atom. The number of hydrogen-bond donors (Lipinski definition) is 2. The number of aliphatic hydroxyl groups is 1. The van der Waals surface area contributed by atoms with Crippen LogP contribution in [0, 0.1) is 11.8 Å². The van der Waals surface area contributed by atoms with Crippen LogP contribution in [0.1, 0.15) is 25.7 Å². The molecule has 0 aromatic carbocycles. The van der Waals surface area contributed by atoms with E-state index in [1.165, 1.54) is 12.8 Å². The van der Waals surface area contributed by atoms with Crippen molar-refractivity contribution in [3.05, 3.63) is 0 Å². The highest BCUT2D eigenvalue weighted by molar-refractivity contribution is 5.80. The summed E-state index contributed by atoms with van der Waals surface area (Å²) in [6.45, 7) is 1.41. The second kappa shape index (κ2) is 4.94. The van der Waals surface area contributed by atoms with Gasteiger partial charge in [-0.05, 0) is 31.6 Å². The number of amides is 1. The molecule has 0 aromatic heterocycles. The van der Waals surface area contributed by atoms with Crippen LogP contribution in [0.2, 0.25) is 0 Å². The monoisotopic (exact) mass is 213 g/mol. The van der Waals surface area contributed by atoms with Crippen LogP contribution in [-0.4, -0.2) is 36.9 Å². The standard InChI is InChI=1S/C11H19NO3/c13-10(7-15-6-8-1-2-8)5-12-11(14)9-3-4-9/h8-10,13H,1-7H2,(H,12,14). The highest BCUT2D eigenvalue weighted by Gasteiger charge is 2.29. The van der Waals surface area contributed by atoms with Gasteiger partial charge in [-0.25, -0.2) is 0 Å². The molecule has 4 nitrogen and oxygen atoms in total. The Morgan fingerprint density at radius 1 is 1.40 bits per heavy atom. The fourth-order valence-electron chi connectivity index (χ4n) is 1.42. The summed E-state index contributed by atoms with van der Waals surface area (Å²) in [5, 5.41) is 12.2. The normalized spacial score (nSPS) is 22.5. The van der Waals surface area contributed by atoms with Crippen LogP contribution >= 0.6 is 0 Å². The van der Waals surface area contributed by atoms with Gasteiger partial charge in [0, 0.05) is 19.1 Å². The molecule has 0 aliphatic heterocycles. The minimum atomic E-state index is -0.563. The van der Waals surface area contributed by atoms with E-state index in [0.29, 0.717) is 13.2 Å². The van der Waals surface area contributed by atoms with Crippen molar-refractivity contribution in [3.63, 3.8) is 0 Å². The first-order valence-corrected chi connectivity index (χ1v) is 5.79. The zero-order chi connectivity index (χ0) is 10.7. The van der Waals surface area contributed by atoms with Crippen molar-refractivity contribution in [2.45, 2.75) is 31.8 Å². The molecule has 2 aliphatic carbocycles. The lowest BCUT2D eigenvalue weighted by molar-refractivity contribution is -0.122. The van der Waals surface area contributed by atoms with Gasteiger partial charge in [-0.1, -0.05) is 0 Å². The summed E-state index contributed by atoms with van der Waals surface area (Å²) in [4.78, 5) is 11.2. The van der Waals surface area contributed by atoms with Crippen molar-refractivity contribution < 1.29 is 14.6 Å². The molecule has 4 heteroatoms. The van der Waals surface area contributed by atoms with Gasteiger partial charge in [0.05, 0.1) is 12.7 Å². The molecular weight excluding hydrogens is 194 g/mol. The van der Waals surface area contributed by atoms with E-state index in [0.717, 1.165) is 25.4 Å². The minimum Gasteiger partial charge on any atom is -0.389 e. The smallest absolute Gasteiger partial charge is 0.223 e. The zero-order valence-electron chi connectivity index (χ0n) is 8.95. The van der Waals surface area contributed by atoms with Crippen LogP contribution in [0.3, 0.4) is 0 Å². The van der Waals surface area contributed by atoms with Crippen molar-refractivity contribution in [2.24, 2.45) is 11.8 Å². The van der Waals surface area contributed by atoms with E-state index in [-0.39, 0.29) is 11.8 Å². The Bertz CT molecular complexity index is 224. The van der Waals surface area contributed by atoms with Gasteiger partial charge in [-0.15, -0.1) is 0 Å². The number of hydrogen-bond acceptors (Lipinski definition) is 3. The van der Waals surface area contributed by atoms with Crippen LogP contribution in [0.15, 0.2) is 0 Å². The van der Waals surface area contributed by atoms with Crippen molar-refractivity contribution in [2.75, 3.05) is 19.8 Å². The van der Waals surface area contributed by atoms with Crippen LogP contribution in [-0.2, 0) is 9.53 Å². The number of carbonyl (C=O) groups is 1. The molecule has 1 amide bonds. The summed E-state index contributed by atoms with van der Waals surface area (Å²) in [5.74, 6) is 1.01. The molecule has 0 spiro atoms. The molecule has 2 aliphatic rings. The lowest BCUT2D eigenvalue weighted by Crippen LogP contribution is -2.35. The number of aliphatic hydroxyl groups excluding tert-OH is 1. The highest BCUT2D eigenvalue weighted by Crippen LogP contribution is 2.29. The van der Waals surface area contributed by atoms with Crippen molar-refractivity contribution in [1.29, 1.82) is 0 Å². The molecule has 0 bridgehead atoms. The molecule has 2 N–H and O–H groups in total. The first kappa shape index (κ1) is 10.9. The molecule has 2 fully saturated rings. The Balaban J connectivity index is 1.47. The molecule has 0 aromatic rings. The molecule has 1 unspecified atom stereocenters. The van der Waals surface area contributed by atoms with E-state index in [4.69, 9.17) is 4.74 Å². The average Bonchev–Trinajstić information content (AvgIpc) is 3.02. The van der Waals surface area contributed by atoms with E-state index >= 15 is 0 Å². The van der Waals surface area contributed by atoms with Gasteiger partial charge >= 0.3 is 0 Å². The minimum absolute atomic E-state index is 0.0799. The average molecular weight is 213 g/mol. The first-order valence-electron chi connectivity index (χ1n) is 5.79. The van der Waals surface area contributed by atoms with Gasteiger partial charge in [0.15, 0.2) is 0 Å². The molecule has 2 saturated carbocycles. The molecule has 0 radical (unpaired) electrons. The molecule has 15 heavy (non-hydrogen) atoms. The number of ether oxygens (including phenoxy) is 1. The summed E-state index contributed by atoms with van der Waals surface area (Å²) in [6.07, 6.45) is 3.95. The van der Waals surface area contributed by atoms with Gasteiger partial charge < -0.3 is 15.2 Å². The third-order valence-corrected chi connectivity index (χ3v) is 2.82. The maximum atomic E-state index is 11.2. The van der Waals surface area contributed by atoms with E-state index < -0.39 is 6.10 Å². The third kappa shape index (κ3) is 4.18. The second-order valence-corrected chi connectivity index (χ2v) is 4.65. The molecule has 0 heterocycles. The first-order chi connectivity index (χ1) is 7.25. The summed E-state index contributed by atoms with van der Waals surface area (Å²) >= 11 is 0. The number of rotatable bonds is 7. The molecule has 1 atom stereocenters. The fraction of sp³-hybridized carbons (Fsp3) is 0.909. The van der Waals surface area contributed by atoms with Crippen molar-refractivity contribution >= 4 is 5.91 Å². The number of carbonyl (C=O) groups excluding carboxylic acids is 1. The van der Waals surface area contributed by atoms with Crippen LogP contribution in [0.25, 0.3) is 0 Å². The predicted molar refractivity (Wildman–Crippen MR) is 55.3 cm³/mol. The molecule has 0 saturated heterocycles. The Labute approximate surface area is 90.0 Å². The van der Waals surface area contributed by atoms with Gasteiger partial charge in [-0.2, -0.15) is 0 Å². The third-order valence-electron chi connectivity index (χ3n) is 2.82. The van der Waals surface area contributed by atoms with E-state index in [1.807, 2.05) is 0 Å². The largest absolute Gasteiger partial charge is 0.389 e. The van der Waals surface area contributed by atoms with Crippen molar-refractivity contribution in [1.82, 2.24) is 5.32 Å². The lowest BCUT2D eigenvalue weighted by Gasteiger charge is -2.11. The predicted octanol–water partition coefficient (Wildman–Crippen LogP) is 0.300. The second-order valence-electron chi connectivity index (χ2n) is 4.65. The Hall–Kier alpha value is -0.610. The van der Waals surface area contributed by atoms with E-state index in [9.17, 15) is 9.90 Å². The summed E-state index contributed by atoms with van der Waals surface area (Å²) in [6, 6.07) is 0. The summed E-state index contributed by atoms with van der Waals surface area (Å²) in [5.41, 5.74) is 0. The maximum absolute atomic E-state index is 11.2. The van der Waals surface area contributed by atoms with Crippen LogP contribution in [0.4, 0.5) is 0 Å². The van der Waals surface area contributed by atoms with Crippen LogP contribution < -0.4 is 5.32 Å². The Morgan fingerprint density at radius 2 is 2.13 bits per heavy atom. The van der Waals surface area contributed by atoms with E-state index in [1.54, 1.807) is 0 Å². The van der Waals surface area contributed by atoms with Gasteiger partial charge in [0.2, 0.25) is 5.91 Å². The summed E-state index contributed by atoms with van der Waals surface area (Å²) in [7, 11) is 0. The number of nitrogens with one attached hydrogen (secondary N) is 1. The molecule has 2 rings (SSSR count). The fourth-order valence-corrected chi connectivity index (χ4v) is 1.42. The molecular formula is C11H19NO3. The quantitative estimate of drug-likeness (QED) is 0.639. The topological polar surface area (TPSA) is 58.6 Å². The van der Waals surface area contributed by atoms with Crippen molar-refractivity contribution in [3.8, 4) is 0 Å². The summed E-state index contributed by atoms with van der Waals surface area (Å²) < 4.78 is 5.33. The maximum Gasteiger partial charge on any atom is 0.223 e. The van der Waals surface area contributed by atoms with Crippen LogP contribution in [0.5, 0.6) is 0 Å². The highest BCUT2D eigenvalue weighted by atomic mass is 16.5. The Kier molecular flexibility index (Phi) is 3.59. The lowest BCUT2D eigenvalue weighted by atomic mass is 10.3. The van der Waals surface area contributed by atoms with E-state index in [2.05, 4.69) is 5.32 Å². The van der Waals surface area contributed by atoms with Gasteiger partial charge in [0.25, 0.3) is 0 Å². The van der Waals surface area contributed by atoms with Gasteiger partial charge in [0.1, 0.15) is 0 Å².